The molecule has 350 valence electrons. The maximum Gasteiger partial charge on any atom is 0.184 e. The second-order valence-electron chi connectivity index (χ2n) is 22.4. The lowest BCUT2D eigenvalue weighted by Crippen LogP contribution is -2.59. The van der Waals surface area contributed by atoms with E-state index in [0.717, 1.165) is 38.5 Å². The van der Waals surface area contributed by atoms with Crippen molar-refractivity contribution in [3.63, 3.8) is 0 Å². The Balaban J connectivity index is 0.992. The molecule has 12 heteroatoms. The zero-order valence-electron chi connectivity index (χ0n) is 38.5. The minimum atomic E-state index is -1.16. The molecule has 0 aromatic heterocycles. The summed E-state index contributed by atoms with van der Waals surface area (Å²) in [4.78, 5) is 0. The van der Waals surface area contributed by atoms with Crippen molar-refractivity contribution in [2.75, 3.05) is 13.2 Å². The van der Waals surface area contributed by atoms with Gasteiger partial charge in [0.15, 0.2) is 18.9 Å². The highest BCUT2D eigenvalue weighted by molar-refractivity contribution is 5.30. The fourth-order valence-corrected chi connectivity index (χ4v) is 14.0. The average Bonchev–Trinajstić information content (AvgIpc) is 3.46. The van der Waals surface area contributed by atoms with Crippen molar-refractivity contribution >= 4 is 0 Å². The Labute approximate surface area is 365 Å². The zero-order valence-corrected chi connectivity index (χ0v) is 38.5. The van der Waals surface area contributed by atoms with Crippen LogP contribution in [0.4, 0.5) is 0 Å². The Morgan fingerprint density at radius 3 is 2.21 bits per heavy atom. The van der Waals surface area contributed by atoms with E-state index in [0.29, 0.717) is 43.4 Å². The van der Waals surface area contributed by atoms with Gasteiger partial charge < -0.3 is 59.1 Å². The summed E-state index contributed by atoms with van der Waals surface area (Å²) in [6.07, 6.45) is 8.66. The van der Waals surface area contributed by atoms with Gasteiger partial charge in [-0.15, -0.1) is 6.58 Å². The molecule has 19 atom stereocenters. The quantitative estimate of drug-likeness (QED) is 0.108. The van der Waals surface area contributed by atoms with E-state index in [-0.39, 0.29) is 65.8 Å². The van der Waals surface area contributed by atoms with Crippen LogP contribution in [0.3, 0.4) is 0 Å². The summed E-state index contributed by atoms with van der Waals surface area (Å²) in [5, 5.41) is 63.0. The summed E-state index contributed by atoms with van der Waals surface area (Å²) in [6.45, 7) is 22.1. The predicted molar refractivity (Wildman–Crippen MR) is 230 cm³/mol. The number of fused-ring (bicyclic) bond motifs is 5. The van der Waals surface area contributed by atoms with Crippen LogP contribution in [0.2, 0.25) is 0 Å². The van der Waals surface area contributed by atoms with Gasteiger partial charge in [0.2, 0.25) is 0 Å². The summed E-state index contributed by atoms with van der Waals surface area (Å²) >= 11 is 0. The summed E-state index contributed by atoms with van der Waals surface area (Å²) in [5.74, 6) is 1.75. The Morgan fingerprint density at radius 2 is 1.52 bits per heavy atom. The number of aliphatic hydroxyl groups is 6. The highest BCUT2D eigenvalue weighted by Gasteiger charge is 2.67. The molecule has 7 rings (SSSR count). The Morgan fingerprint density at radius 1 is 0.836 bits per heavy atom. The van der Waals surface area contributed by atoms with Crippen LogP contribution in [0.5, 0.6) is 0 Å². The van der Waals surface area contributed by atoms with Gasteiger partial charge in [-0.1, -0.05) is 52.3 Å². The molecule has 0 aromatic rings. The molecule has 3 saturated carbocycles. The Kier molecular flexibility index (Phi) is 14.4. The van der Waals surface area contributed by atoms with Crippen LogP contribution in [-0.4, -0.2) is 123 Å². The van der Waals surface area contributed by atoms with E-state index in [9.17, 15) is 30.6 Å². The molecular formula is C49H82O12. The lowest BCUT2D eigenvalue weighted by atomic mass is 9.39. The van der Waals surface area contributed by atoms with Crippen molar-refractivity contribution in [3.05, 3.63) is 24.3 Å². The van der Waals surface area contributed by atoms with Gasteiger partial charge in [0.25, 0.3) is 0 Å². The van der Waals surface area contributed by atoms with Gasteiger partial charge in [-0.3, -0.25) is 0 Å². The van der Waals surface area contributed by atoms with Gasteiger partial charge in [0.05, 0.1) is 67.6 Å². The first-order chi connectivity index (χ1) is 28.6. The lowest BCUT2D eigenvalue weighted by Gasteiger charge is -2.66. The highest BCUT2D eigenvalue weighted by Crippen LogP contribution is 2.75. The molecule has 4 aliphatic carbocycles. The molecule has 3 aliphatic heterocycles. The maximum absolute atomic E-state index is 11.4. The third-order valence-electron chi connectivity index (χ3n) is 17.9. The minimum absolute atomic E-state index is 0.0164. The SMILES string of the molecule is C=C[C@H](CC[C@@H](O[C@H]1C[C@@H](O)C[C@@H](CO[C@H]2O[C@H](C)[C@@H](O)C[C@H]2O)O1)C(C)(C)O)C1CC[C@@]2(C)C3CC=C4C(CC[C@H](O[C@H]5C[C@@H](O)C[C@@H](CO)O5)C4(C)C)[C@]3(C)CC[C@]12C. The van der Waals surface area contributed by atoms with Gasteiger partial charge in [-0.25, -0.2) is 0 Å². The van der Waals surface area contributed by atoms with E-state index in [4.69, 9.17) is 28.4 Å². The summed E-state index contributed by atoms with van der Waals surface area (Å²) in [6, 6.07) is 0. The van der Waals surface area contributed by atoms with Crippen LogP contribution < -0.4 is 0 Å². The van der Waals surface area contributed by atoms with Crippen molar-refractivity contribution in [1.82, 2.24) is 0 Å². The topological polar surface area (TPSA) is 177 Å². The van der Waals surface area contributed by atoms with Gasteiger partial charge in [-0.05, 0) is 118 Å². The van der Waals surface area contributed by atoms with Crippen LogP contribution in [0.25, 0.3) is 0 Å². The molecule has 0 radical (unpaired) electrons. The number of allylic oxidation sites excluding steroid dienone is 2. The molecule has 3 saturated heterocycles. The van der Waals surface area contributed by atoms with Crippen molar-refractivity contribution in [1.29, 1.82) is 0 Å². The van der Waals surface area contributed by atoms with Crippen LogP contribution in [0.15, 0.2) is 24.3 Å². The van der Waals surface area contributed by atoms with Crippen molar-refractivity contribution in [2.24, 2.45) is 45.3 Å². The highest BCUT2D eigenvalue weighted by atomic mass is 16.7. The van der Waals surface area contributed by atoms with Crippen molar-refractivity contribution in [3.8, 4) is 0 Å². The van der Waals surface area contributed by atoms with E-state index in [1.807, 2.05) is 0 Å². The number of aliphatic hydroxyl groups excluding tert-OH is 5. The van der Waals surface area contributed by atoms with E-state index in [1.54, 1.807) is 20.8 Å². The van der Waals surface area contributed by atoms with E-state index >= 15 is 0 Å². The molecule has 61 heavy (non-hydrogen) atoms. The molecule has 0 amide bonds. The standard InChI is InChI=1S/C49H82O12/c1-10-29(11-15-41(46(5,6)55)61-43-24-31(52)22-33(59-43)27-56-44-38(54)25-37(53)28(2)57-44)34-17-18-49(9)39-14-12-35-36(47(39,7)19-20-48(34,49)8)13-16-40(45(35,3)4)60-42-23-30(51)21-32(26-50)58-42/h10,12,28-34,36-44,50-55H,1,11,13-27H2,2-9H3/t28-,29-,30+,31+,32+,33+,34?,36?,37+,38-,39?,40+,41-,42+,43+,44+,47+,48-,49+/m1/s1. The van der Waals surface area contributed by atoms with Crippen LogP contribution in [0, 0.1) is 45.3 Å². The third kappa shape index (κ3) is 9.37. The maximum atomic E-state index is 11.4. The zero-order chi connectivity index (χ0) is 44.3. The number of rotatable bonds is 14. The molecule has 0 bridgehead atoms. The molecule has 0 spiro atoms. The summed E-state index contributed by atoms with van der Waals surface area (Å²) in [5.41, 5.74) is 0.662. The molecule has 3 heterocycles. The van der Waals surface area contributed by atoms with Crippen LogP contribution >= 0.6 is 0 Å². The minimum Gasteiger partial charge on any atom is -0.394 e. The molecule has 6 N–H and O–H groups in total. The largest absolute Gasteiger partial charge is 0.394 e. The van der Waals surface area contributed by atoms with Crippen LogP contribution in [0.1, 0.15) is 145 Å². The second-order valence-corrected chi connectivity index (χ2v) is 22.4. The first-order valence-corrected chi connectivity index (χ1v) is 23.9. The van der Waals surface area contributed by atoms with Crippen LogP contribution in [-0.2, 0) is 28.4 Å². The molecule has 3 unspecified atom stereocenters. The number of hydrogen-bond donors (Lipinski definition) is 6. The normalized spacial score (nSPS) is 47.3. The monoisotopic (exact) mass is 863 g/mol. The van der Waals surface area contributed by atoms with Crippen molar-refractivity contribution < 1.29 is 59.1 Å². The molecule has 6 fully saturated rings. The number of hydrogen-bond acceptors (Lipinski definition) is 12. The first-order valence-electron chi connectivity index (χ1n) is 23.9. The third-order valence-corrected chi connectivity index (χ3v) is 17.9. The lowest BCUT2D eigenvalue weighted by molar-refractivity contribution is -0.292. The molecular weight excluding hydrogens is 781 g/mol. The summed E-state index contributed by atoms with van der Waals surface area (Å²) < 4.78 is 37.1. The first kappa shape index (κ1) is 47.9. The predicted octanol–water partition coefficient (Wildman–Crippen LogP) is 6.31. The van der Waals surface area contributed by atoms with E-state index in [2.05, 4.69) is 53.3 Å². The molecule has 7 aliphatic rings. The van der Waals surface area contributed by atoms with Crippen molar-refractivity contribution in [2.45, 2.75) is 225 Å². The smallest absolute Gasteiger partial charge is 0.184 e. The summed E-state index contributed by atoms with van der Waals surface area (Å²) in [7, 11) is 0. The second kappa shape index (κ2) is 18.4. The molecule has 12 nitrogen and oxygen atoms in total. The van der Waals surface area contributed by atoms with Gasteiger partial charge in [-0.2, -0.15) is 0 Å². The van der Waals surface area contributed by atoms with E-state index in [1.165, 1.54) is 18.4 Å². The van der Waals surface area contributed by atoms with E-state index < -0.39 is 67.2 Å². The Hall–Kier alpha value is -1.00. The fraction of sp³-hybridized carbons (Fsp3) is 0.918. The average molecular weight is 863 g/mol. The van der Waals surface area contributed by atoms with Gasteiger partial charge in [0.1, 0.15) is 6.10 Å². The Bertz CT molecular complexity index is 1530. The van der Waals surface area contributed by atoms with Gasteiger partial charge in [0, 0.05) is 37.5 Å². The fourth-order valence-electron chi connectivity index (χ4n) is 14.0. The number of ether oxygens (including phenoxy) is 6. The van der Waals surface area contributed by atoms with Gasteiger partial charge >= 0.3 is 0 Å². The molecule has 0 aromatic carbocycles.